The van der Waals surface area contributed by atoms with Crippen LogP contribution in [0.15, 0.2) is 36.4 Å². The molecule has 4 rings (SSSR count). The Kier molecular flexibility index (Phi) is 3.68. The summed E-state index contributed by atoms with van der Waals surface area (Å²) in [5.41, 5.74) is 0.526. The largest absolute Gasteiger partial charge is 0.334 e. The molecular formula is C18H17ClN2O3. The van der Waals surface area contributed by atoms with E-state index in [2.05, 4.69) is 0 Å². The zero-order chi connectivity index (χ0) is 16.8. The minimum Gasteiger partial charge on any atom is -0.334 e. The molecule has 24 heavy (non-hydrogen) atoms. The van der Waals surface area contributed by atoms with Crippen molar-refractivity contribution in [3.05, 3.63) is 47.0 Å². The standard InChI is InChI=1S/C18H17ClN2O3/c19-12-5-3-4-11(8-12)16(22)20-9-13(10-20)21-17(23)14-6-1-2-7-15(14)18(21)24/h1-5,8,13-15H,6-7,9-10H2. The van der Waals surface area contributed by atoms with Crippen LogP contribution in [0.2, 0.25) is 5.02 Å². The molecule has 0 aromatic heterocycles. The zero-order valence-corrected chi connectivity index (χ0v) is 13.8. The van der Waals surface area contributed by atoms with E-state index in [0.717, 1.165) is 0 Å². The maximum atomic E-state index is 12.5. The molecule has 0 saturated carbocycles. The summed E-state index contributed by atoms with van der Waals surface area (Å²) in [6.45, 7) is 0.797. The Hall–Kier alpha value is -2.14. The molecule has 5 nitrogen and oxygen atoms in total. The molecule has 1 aliphatic carbocycles. The fraction of sp³-hybridized carbons (Fsp3) is 0.389. The number of amides is 3. The van der Waals surface area contributed by atoms with Gasteiger partial charge in [0.25, 0.3) is 5.91 Å². The number of hydrogen-bond donors (Lipinski definition) is 0. The summed E-state index contributed by atoms with van der Waals surface area (Å²) >= 11 is 5.92. The van der Waals surface area contributed by atoms with Crippen molar-refractivity contribution < 1.29 is 14.4 Å². The number of carbonyl (C=O) groups excluding carboxylic acids is 3. The number of benzene rings is 1. The topological polar surface area (TPSA) is 57.7 Å². The zero-order valence-electron chi connectivity index (χ0n) is 13.0. The summed E-state index contributed by atoms with van der Waals surface area (Å²) in [5.74, 6) is -0.685. The van der Waals surface area contributed by atoms with Crippen LogP contribution in [0.4, 0.5) is 0 Å². The number of allylic oxidation sites excluding steroid dienone is 2. The van der Waals surface area contributed by atoms with E-state index in [1.54, 1.807) is 29.2 Å². The summed E-state index contributed by atoms with van der Waals surface area (Å²) in [4.78, 5) is 40.5. The van der Waals surface area contributed by atoms with E-state index in [9.17, 15) is 14.4 Å². The Morgan fingerprint density at radius 1 is 1.04 bits per heavy atom. The molecule has 0 spiro atoms. The van der Waals surface area contributed by atoms with Gasteiger partial charge in [-0.3, -0.25) is 19.3 Å². The molecule has 3 aliphatic rings. The first kappa shape index (κ1) is 15.4. The second kappa shape index (κ2) is 5.74. The van der Waals surface area contributed by atoms with Gasteiger partial charge in [-0.15, -0.1) is 0 Å². The normalized spacial score (nSPS) is 26.5. The third kappa shape index (κ3) is 2.35. The highest BCUT2D eigenvalue weighted by atomic mass is 35.5. The molecule has 2 heterocycles. The van der Waals surface area contributed by atoms with Crippen LogP contribution in [-0.2, 0) is 9.59 Å². The van der Waals surface area contributed by atoms with Crippen molar-refractivity contribution >= 4 is 29.3 Å². The van der Waals surface area contributed by atoms with Gasteiger partial charge in [-0.1, -0.05) is 29.8 Å². The van der Waals surface area contributed by atoms with Gasteiger partial charge in [-0.2, -0.15) is 0 Å². The van der Waals surface area contributed by atoms with Crippen LogP contribution in [0, 0.1) is 11.8 Å². The molecule has 2 aliphatic heterocycles. The highest BCUT2D eigenvalue weighted by Crippen LogP contribution is 2.37. The second-order valence-corrected chi connectivity index (χ2v) is 7.01. The quantitative estimate of drug-likeness (QED) is 0.610. The Balaban J connectivity index is 1.43. The van der Waals surface area contributed by atoms with Crippen molar-refractivity contribution in [2.45, 2.75) is 18.9 Å². The Morgan fingerprint density at radius 3 is 2.25 bits per heavy atom. The first-order chi connectivity index (χ1) is 11.6. The second-order valence-electron chi connectivity index (χ2n) is 6.58. The van der Waals surface area contributed by atoms with Crippen molar-refractivity contribution in [1.82, 2.24) is 9.80 Å². The monoisotopic (exact) mass is 344 g/mol. The van der Waals surface area contributed by atoms with Gasteiger partial charge in [-0.05, 0) is 31.0 Å². The lowest BCUT2D eigenvalue weighted by Gasteiger charge is -2.43. The highest BCUT2D eigenvalue weighted by Gasteiger charge is 2.52. The minimum atomic E-state index is -0.208. The van der Waals surface area contributed by atoms with E-state index in [1.807, 2.05) is 12.2 Å². The molecule has 124 valence electrons. The number of rotatable bonds is 2. The number of hydrogen-bond acceptors (Lipinski definition) is 3. The molecule has 0 radical (unpaired) electrons. The Bertz CT molecular complexity index is 728. The molecule has 1 aromatic rings. The van der Waals surface area contributed by atoms with Crippen LogP contribution < -0.4 is 0 Å². The highest BCUT2D eigenvalue weighted by molar-refractivity contribution is 6.31. The van der Waals surface area contributed by atoms with E-state index < -0.39 is 0 Å². The Labute approximate surface area is 144 Å². The molecule has 1 aromatic carbocycles. The number of fused-ring (bicyclic) bond motifs is 1. The fourth-order valence-corrected chi connectivity index (χ4v) is 3.96. The van der Waals surface area contributed by atoms with Gasteiger partial charge in [0.2, 0.25) is 11.8 Å². The lowest BCUT2D eigenvalue weighted by atomic mass is 9.85. The van der Waals surface area contributed by atoms with E-state index in [4.69, 9.17) is 11.6 Å². The average molecular weight is 345 g/mol. The molecule has 0 bridgehead atoms. The molecule has 2 saturated heterocycles. The van der Waals surface area contributed by atoms with Crippen molar-refractivity contribution in [2.24, 2.45) is 11.8 Å². The van der Waals surface area contributed by atoms with Gasteiger partial charge in [0.05, 0.1) is 17.9 Å². The number of carbonyl (C=O) groups is 3. The first-order valence-electron chi connectivity index (χ1n) is 8.13. The molecule has 2 unspecified atom stereocenters. The maximum Gasteiger partial charge on any atom is 0.254 e. The summed E-state index contributed by atoms with van der Waals surface area (Å²) in [6.07, 6.45) is 5.24. The van der Waals surface area contributed by atoms with Crippen LogP contribution >= 0.6 is 11.6 Å². The van der Waals surface area contributed by atoms with Crippen molar-refractivity contribution in [1.29, 1.82) is 0 Å². The lowest BCUT2D eigenvalue weighted by molar-refractivity contribution is -0.145. The number of halogens is 1. The van der Waals surface area contributed by atoms with E-state index in [-0.39, 0.29) is 35.6 Å². The average Bonchev–Trinajstić information content (AvgIpc) is 2.79. The summed E-state index contributed by atoms with van der Waals surface area (Å²) in [7, 11) is 0. The summed E-state index contributed by atoms with van der Waals surface area (Å²) in [6, 6.07) is 6.60. The Morgan fingerprint density at radius 2 is 1.67 bits per heavy atom. The molecule has 2 atom stereocenters. The van der Waals surface area contributed by atoms with E-state index in [0.29, 0.717) is 36.5 Å². The van der Waals surface area contributed by atoms with Crippen LogP contribution in [0.5, 0.6) is 0 Å². The van der Waals surface area contributed by atoms with Crippen molar-refractivity contribution in [3.8, 4) is 0 Å². The third-order valence-corrected chi connectivity index (χ3v) is 5.36. The summed E-state index contributed by atoms with van der Waals surface area (Å²) < 4.78 is 0. The predicted molar refractivity (Wildman–Crippen MR) is 88.4 cm³/mol. The van der Waals surface area contributed by atoms with Crippen LogP contribution in [-0.4, -0.2) is 46.7 Å². The smallest absolute Gasteiger partial charge is 0.254 e. The minimum absolute atomic E-state index is 0.0748. The van der Waals surface area contributed by atoms with Gasteiger partial charge in [0.1, 0.15) is 0 Å². The van der Waals surface area contributed by atoms with Crippen molar-refractivity contribution in [2.75, 3.05) is 13.1 Å². The van der Waals surface area contributed by atoms with Crippen molar-refractivity contribution in [3.63, 3.8) is 0 Å². The fourth-order valence-electron chi connectivity index (χ4n) is 3.77. The van der Waals surface area contributed by atoms with E-state index in [1.165, 1.54) is 4.90 Å². The SMILES string of the molecule is O=C(c1cccc(Cl)c1)N1CC(N2C(=O)C3CC=CCC3C2=O)C1. The van der Waals surface area contributed by atoms with Crippen LogP contribution in [0.25, 0.3) is 0 Å². The third-order valence-electron chi connectivity index (χ3n) is 5.13. The number of imide groups is 1. The maximum absolute atomic E-state index is 12.5. The first-order valence-corrected chi connectivity index (χ1v) is 8.51. The van der Waals surface area contributed by atoms with Crippen LogP contribution in [0.1, 0.15) is 23.2 Å². The molecule has 0 N–H and O–H groups in total. The molecule has 6 heteroatoms. The lowest BCUT2D eigenvalue weighted by Crippen LogP contribution is -2.62. The molecule has 3 amide bonds. The van der Waals surface area contributed by atoms with E-state index >= 15 is 0 Å². The van der Waals surface area contributed by atoms with Gasteiger partial charge in [0, 0.05) is 23.7 Å². The molecular weight excluding hydrogens is 328 g/mol. The number of likely N-dealkylation sites (tertiary alicyclic amines) is 2. The summed E-state index contributed by atoms with van der Waals surface area (Å²) in [5, 5.41) is 0.513. The van der Waals surface area contributed by atoms with Gasteiger partial charge >= 0.3 is 0 Å². The van der Waals surface area contributed by atoms with Gasteiger partial charge in [-0.25, -0.2) is 0 Å². The number of nitrogens with zero attached hydrogens (tertiary/aromatic N) is 2. The van der Waals surface area contributed by atoms with Crippen LogP contribution in [0.3, 0.4) is 0 Å². The molecule has 2 fully saturated rings. The van der Waals surface area contributed by atoms with Gasteiger partial charge < -0.3 is 4.90 Å². The predicted octanol–water partition coefficient (Wildman–Crippen LogP) is 2.12. The van der Waals surface area contributed by atoms with Gasteiger partial charge in [0.15, 0.2) is 0 Å².